The van der Waals surface area contributed by atoms with Crippen LogP contribution in [0.3, 0.4) is 0 Å². The van der Waals surface area contributed by atoms with E-state index in [0.29, 0.717) is 12.3 Å². The monoisotopic (exact) mass is 357 g/mol. The van der Waals surface area contributed by atoms with Gasteiger partial charge in [0.1, 0.15) is 12.6 Å². The minimum Gasteiger partial charge on any atom is -0.478 e. The fraction of sp³-hybridized carbons (Fsp3) is 0.474. The molecule has 0 aliphatic heterocycles. The van der Waals surface area contributed by atoms with E-state index in [4.69, 9.17) is 10.4 Å². The Hall–Kier alpha value is -2.88. The van der Waals surface area contributed by atoms with Crippen molar-refractivity contribution in [2.45, 2.75) is 44.6 Å². The molecular formula is C19H23N3O4. The maximum Gasteiger partial charge on any atom is 0.335 e. The maximum absolute atomic E-state index is 12.5. The summed E-state index contributed by atoms with van der Waals surface area (Å²) >= 11 is 0. The largest absolute Gasteiger partial charge is 0.478 e. The molecule has 7 nitrogen and oxygen atoms in total. The van der Waals surface area contributed by atoms with E-state index in [1.807, 2.05) is 6.07 Å². The molecule has 0 unspecified atom stereocenters. The van der Waals surface area contributed by atoms with Crippen molar-refractivity contribution in [2.75, 3.05) is 6.54 Å². The normalized spacial score (nSPS) is 15.5. The highest BCUT2D eigenvalue weighted by molar-refractivity contribution is 5.98. The van der Waals surface area contributed by atoms with E-state index in [2.05, 4.69) is 10.6 Å². The molecular weight excluding hydrogens is 334 g/mol. The molecule has 26 heavy (non-hydrogen) atoms. The van der Waals surface area contributed by atoms with E-state index in [1.165, 1.54) is 30.7 Å². The van der Waals surface area contributed by atoms with E-state index >= 15 is 0 Å². The zero-order chi connectivity index (χ0) is 18.9. The summed E-state index contributed by atoms with van der Waals surface area (Å²) in [6, 6.07) is 6.69. The van der Waals surface area contributed by atoms with Crippen molar-refractivity contribution in [3.05, 3.63) is 35.4 Å². The smallest absolute Gasteiger partial charge is 0.335 e. The average Bonchev–Trinajstić information content (AvgIpc) is 2.66. The first-order valence-electron chi connectivity index (χ1n) is 8.80. The number of nitrogens with one attached hydrogen (secondary N) is 2. The van der Waals surface area contributed by atoms with Gasteiger partial charge in [-0.3, -0.25) is 9.59 Å². The van der Waals surface area contributed by atoms with Crippen LogP contribution in [0.5, 0.6) is 0 Å². The molecule has 0 spiro atoms. The number of carboxylic acids is 1. The minimum absolute atomic E-state index is 0.0899. The van der Waals surface area contributed by atoms with Gasteiger partial charge < -0.3 is 15.7 Å². The topological polar surface area (TPSA) is 119 Å². The molecule has 138 valence electrons. The third-order valence-electron chi connectivity index (χ3n) is 4.65. The number of rotatable bonds is 7. The number of carbonyl (C=O) groups is 3. The third-order valence-corrected chi connectivity index (χ3v) is 4.65. The maximum atomic E-state index is 12.5. The molecule has 2 amide bonds. The molecule has 0 bridgehead atoms. The Morgan fingerprint density at radius 1 is 1.12 bits per heavy atom. The highest BCUT2D eigenvalue weighted by Crippen LogP contribution is 2.27. The zero-order valence-electron chi connectivity index (χ0n) is 14.5. The number of amides is 2. The van der Waals surface area contributed by atoms with E-state index in [0.717, 1.165) is 25.7 Å². The van der Waals surface area contributed by atoms with Crippen LogP contribution in [-0.4, -0.2) is 35.5 Å². The molecule has 7 heteroatoms. The summed E-state index contributed by atoms with van der Waals surface area (Å²) < 4.78 is 0. The van der Waals surface area contributed by atoms with E-state index < -0.39 is 17.9 Å². The summed E-state index contributed by atoms with van der Waals surface area (Å²) in [5.74, 6) is -1.50. The van der Waals surface area contributed by atoms with Gasteiger partial charge in [0.15, 0.2) is 0 Å². The van der Waals surface area contributed by atoms with Gasteiger partial charge >= 0.3 is 5.97 Å². The first-order chi connectivity index (χ1) is 12.5. The van der Waals surface area contributed by atoms with Crippen LogP contribution in [0.2, 0.25) is 0 Å². The summed E-state index contributed by atoms with van der Waals surface area (Å²) in [6.07, 6.45) is 6.06. The number of aromatic carboxylic acids is 1. The fourth-order valence-corrected chi connectivity index (χ4v) is 3.24. The molecule has 1 aliphatic carbocycles. The molecule has 0 radical (unpaired) electrons. The Balaban J connectivity index is 2.05. The van der Waals surface area contributed by atoms with Crippen molar-refractivity contribution in [1.82, 2.24) is 10.6 Å². The van der Waals surface area contributed by atoms with Crippen LogP contribution in [0.25, 0.3) is 0 Å². The quantitative estimate of drug-likeness (QED) is 0.646. The summed E-state index contributed by atoms with van der Waals surface area (Å²) in [5, 5.41) is 22.8. The number of nitrogens with zero attached hydrogens (tertiary/aromatic N) is 1. The van der Waals surface area contributed by atoms with Gasteiger partial charge in [0.2, 0.25) is 5.91 Å². The van der Waals surface area contributed by atoms with Crippen LogP contribution in [0.1, 0.15) is 59.2 Å². The van der Waals surface area contributed by atoms with Gasteiger partial charge in [-0.1, -0.05) is 32.1 Å². The third kappa shape index (κ3) is 5.59. The fourth-order valence-electron chi connectivity index (χ4n) is 3.24. The lowest BCUT2D eigenvalue weighted by Gasteiger charge is -2.26. The molecule has 0 saturated heterocycles. The number of carboxylic acid groups (broad SMARTS) is 1. The summed E-state index contributed by atoms with van der Waals surface area (Å²) in [7, 11) is 0. The van der Waals surface area contributed by atoms with E-state index in [9.17, 15) is 14.4 Å². The Morgan fingerprint density at radius 3 is 2.31 bits per heavy atom. The van der Waals surface area contributed by atoms with Crippen molar-refractivity contribution in [2.24, 2.45) is 5.92 Å². The highest BCUT2D eigenvalue weighted by Gasteiger charge is 2.26. The second-order valence-electron chi connectivity index (χ2n) is 6.52. The number of hydrogen-bond donors (Lipinski definition) is 3. The van der Waals surface area contributed by atoms with Crippen LogP contribution in [-0.2, 0) is 4.79 Å². The number of carbonyl (C=O) groups excluding carboxylic acids is 2. The predicted octanol–water partition coefficient (Wildman–Crippen LogP) is 2.09. The second kappa shape index (κ2) is 9.56. The standard InChI is InChI=1S/C19H23N3O4/c20-10-11-21-18(24)16(12-13-4-2-1-3-5-13)22-17(23)14-6-8-15(9-7-14)19(25)26/h6-9,13,16H,1-5,11-12H2,(H,21,24)(H,22,23)(H,25,26)/t16-/m0/s1. The summed E-state index contributed by atoms with van der Waals surface area (Å²) in [4.78, 5) is 35.7. The summed E-state index contributed by atoms with van der Waals surface area (Å²) in [5.41, 5.74) is 0.379. The van der Waals surface area contributed by atoms with Gasteiger partial charge in [-0.2, -0.15) is 5.26 Å². The van der Waals surface area contributed by atoms with Crippen molar-refractivity contribution in [3.63, 3.8) is 0 Å². The molecule has 0 heterocycles. The van der Waals surface area contributed by atoms with Crippen molar-refractivity contribution < 1.29 is 19.5 Å². The lowest BCUT2D eigenvalue weighted by Crippen LogP contribution is -2.48. The van der Waals surface area contributed by atoms with Crippen LogP contribution in [0.15, 0.2) is 24.3 Å². The molecule has 1 atom stereocenters. The van der Waals surface area contributed by atoms with Gasteiger partial charge in [0, 0.05) is 5.56 Å². The Kier molecular flexibility index (Phi) is 7.15. The van der Waals surface area contributed by atoms with E-state index in [1.54, 1.807) is 0 Å². The predicted molar refractivity (Wildman–Crippen MR) is 94.5 cm³/mol. The van der Waals surface area contributed by atoms with Gasteiger partial charge in [0.25, 0.3) is 5.91 Å². The SMILES string of the molecule is N#CCNC(=O)[C@H](CC1CCCCC1)NC(=O)c1ccc(C(=O)O)cc1. The van der Waals surface area contributed by atoms with Crippen LogP contribution in [0, 0.1) is 17.2 Å². The van der Waals surface area contributed by atoms with Crippen LogP contribution >= 0.6 is 0 Å². The molecule has 0 aromatic heterocycles. The molecule has 3 N–H and O–H groups in total. The highest BCUT2D eigenvalue weighted by atomic mass is 16.4. The number of benzene rings is 1. The second-order valence-corrected chi connectivity index (χ2v) is 6.52. The average molecular weight is 357 g/mol. The Labute approximate surface area is 152 Å². The Bertz CT molecular complexity index is 688. The first-order valence-corrected chi connectivity index (χ1v) is 8.80. The lowest BCUT2D eigenvalue weighted by atomic mass is 9.84. The lowest BCUT2D eigenvalue weighted by molar-refractivity contribution is -0.123. The van der Waals surface area contributed by atoms with Crippen molar-refractivity contribution in [1.29, 1.82) is 5.26 Å². The molecule has 1 fully saturated rings. The van der Waals surface area contributed by atoms with Crippen molar-refractivity contribution >= 4 is 17.8 Å². The van der Waals surface area contributed by atoms with E-state index in [-0.39, 0.29) is 23.6 Å². The molecule has 2 rings (SSSR count). The molecule has 1 aromatic rings. The van der Waals surface area contributed by atoms with Crippen LogP contribution < -0.4 is 10.6 Å². The molecule has 1 aromatic carbocycles. The van der Waals surface area contributed by atoms with Crippen molar-refractivity contribution in [3.8, 4) is 6.07 Å². The van der Waals surface area contributed by atoms with Crippen LogP contribution in [0.4, 0.5) is 0 Å². The van der Waals surface area contributed by atoms with Gasteiger partial charge in [-0.15, -0.1) is 0 Å². The molecule has 1 saturated carbocycles. The summed E-state index contributed by atoms with van der Waals surface area (Å²) in [6.45, 7) is -0.108. The van der Waals surface area contributed by atoms with Gasteiger partial charge in [-0.25, -0.2) is 4.79 Å². The number of nitriles is 1. The first kappa shape index (κ1) is 19.4. The minimum atomic E-state index is -1.07. The Morgan fingerprint density at radius 2 is 1.73 bits per heavy atom. The van der Waals surface area contributed by atoms with Gasteiger partial charge in [-0.05, 0) is 36.6 Å². The zero-order valence-corrected chi connectivity index (χ0v) is 14.5. The molecule has 1 aliphatic rings. The number of hydrogen-bond acceptors (Lipinski definition) is 4. The van der Waals surface area contributed by atoms with Gasteiger partial charge in [0.05, 0.1) is 11.6 Å².